The Morgan fingerprint density at radius 1 is 1.43 bits per heavy atom. The second kappa shape index (κ2) is 5.35. The van der Waals surface area contributed by atoms with E-state index in [0.717, 1.165) is 24.8 Å². The van der Waals surface area contributed by atoms with Gasteiger partial charge in [0.15, 0.2) is 0 Å². The second-order valence-electron chi connectivity index (χ2n) is 4.67. The Morgan fingerprint density at radius 3 is 2.64 bits per heavy atom. The van der Waals surface area contributed by atoms with Crippen molar-refractivity contribution in [2.45, 2.75) is 45.6 Å². The topological polar surface area (TPSA) is 53.1 Å². The number of nitrogens with two attached hydrogens (primary N) is 1. The quantitative estimate of drug-likeness (QED) is 0.401. The molecule has 2 unspecified atom stereocenters. The van der Waals surface area contributed by atoms with E-state index in [1.54, 1.807) is 0 Å². The molecule has 0 aromatic heterocycles. The highest BCUT2D eigenvalue weighted by molar-refractivity contribution is 5.76. The van der Waals surface area contributed by atoms with Gasteiger partial charge in [-0.25, -0.2) is 0 Å². The van der Waals surface area contributed by atoms with Crippen molar-refractivity contribution in [3.8, 4) is 0 Å². The number of rotatable bonds is 5. The van der Waals surface area contributed by atoms with Crippen LogP contribution in [0.3, 0.4) is 0 Å². The SMILES string of the molecule is CC1CC(C)N(CCCCC(=N)N)C1. The first-order chi connectivity index (χ1) is 6.59. The first-order valence-corrected chi connectivity index (χ1v) is 5.66. The fraction of sp³-hybridized carbons (Fsp3) is 0.909. The predicted octanol–water partition coefficient (Wildman–Crippen LogP) is 1.82. The molecule has 3 heteroatoms. The number of nitrogens with one attached hydrogen (secondary N) is 1. The van der Waals surface area contributed by atoms with E-state index in [2.05, 4.69) is 18.7 Å². The van der Waals surface area contributed by atoms with Gasteiger partial charge in [-0.15, -0.1) is 0 Å². The summed E-state index contributed by atoms with van der Waals surface area (Å²) in [5.74, 6) is 1.19. The van der Waals surface area contributed by atoms with Crippen LogP contribution in [0.1, 0.15) is 39.5 Å². The lowest BCUT2D eigenvalue weighted by Gasteiger charge is -2.20. The smallest absolute Gasteiger partial charge is 0.0905 e. The lowest BCUT2D eigenvalue weighted by molar-refractivity contribution is 0.260. The minimum absolute atomic E-state index is 0.327. The van der Waals surface area contributed by atoms with Crippen LogP contribution >= 0.6 is 0 Å². The number of likely N-dealkylation sites (tertiary alicyclic amines) is 1. The lowest BCUT2D eigenvalue weighted by Crippen LogP contribution is -2.28. The molecule has 0 amide bonds. The van der Waals surface area contributed by atoms with E-state index < -0.39 is 0 Å². The number of nitrogens with zero attached hydrogens (tertiary/aromatic N) is 1. The maximum atomic E-state index is 7.12. The lowest BCUT2D eigenvalue weighted by atomic mass is 10.1. The molecule has 14 heavy (non-hydrogen) atoms. The molecule has 1 fully saturated rings. The molecule has 3 nitrogen and oxygen atoms in total. The average Bonchev–Trinajstić information content (AvgIpc) is 2.39. The minimum atomic E-state index is 0.327. The summed E-state index contributed by atoms with van der Waals surface area (Å²) < 4.78 is 0. The van der Waals surface area contributed by atoms with Crippen molar-refractivity contribution in [3.63, 3.8) is 0 Å². The van der Waals surface area contributed by atoms with Gasteiger partial charge in [-0.2, -0.15) is 0 Å². The van der Waals surface area contributed by atoms with E-state index in [9.17, 15) is 0 Å². The second-order valence-corrected chi connectivity index (χ2v) is 4.67. The Hall–Kier alpha value is -0.570. The molecule has 3 N–H and O–H groups in total. The molecule has 1 saturated heterocycles. The number of hydrogen-bond acceptors (Lipinski definition) is 2. The van der Waals surface area contributed by atoms with E-state index in [0.29, 0.717) is 5.84 Å². The first-order valence-electron chi connectivity index (χ1n) is 5.66. The molecule has 0 radical (unpaired) electrons. The van der Waals surface area contributed by atoms with Gasteiger partial charge in [-0.05, 0) is 38.6 Å². The van der Waals surface area contributed by atoms with Crippen LogP contribution in [-0.2, 0) is 0 Å². The van der Waals surface area contributed by atoms with Gasteiger partial charge in [0, 0.05) is 19.0 Å². The highest BCUT2D eigenvalue weighted by Crippen LogP contribution is 2.22. The molecule has 1 rings (SSSR count). The molecule has 1 aliphatic rings. The Kier molecular flexibility index (Phi) is 4.39. The van der Waals surface area contributed by atoms with Gasteiger partial charge >= 0.3 is 0 Å². The monoisotopic (exact) mass is 197 g/mol. The van der Waals surface area contributed by atoms with Crippen molar-refractivity contribution in [1.29, 1.82) is 5.41 Å². The maximum Gasteiger partial charge on any atom is 0.0905 e. The Bertz CT molecular complexity index is 191. The zero-order chi connectivity index (χ0) is 10.6. The molecule has 0 saturated carbocycles. The fourth-order valence-electron chi connectivity index (χ4n) is 2.33. The predicted molar refractivity (Wildman–Crippen MR) is 60.6 cm³/mol. The molecule has 0 bridgehead atoms. The summed E-state index contributed by atoms with van der Waals surface area (Å²) in [7, 11) is 0. The third-order valence-electron chi connectivity index (χ3n) is 3.05. The summed E-state index contributed by atoms with van der Waals surface area (Å²) in [6, 6.07) is 0.752. The maximum absolute atomic E-state index is 7.12. The van der Waals surface area contributed by atoms with Crippen LogP contribution in [0.15, 0.2) is 0 Å². The van der Waals surface area contributed by atoms with Gasteiger partial charge in [0.2, 0.25) is 0 Å². The van der Waals surface area contributed by atoms with Crippen LogP contribution < -0.4 is 5.73 Å². The molecule has 0 aromatic carbocycles. The van der Waals surface area contributed by atoms with Gasteiger partial charge < -0.3 is 10.6 Å². The van der Waals surface area contributed by atoms with Crippen molar-refractivity contribution in [2.24, 2.45) is 11.7 Å². The highest BCUT2D eigenvalue weighted by Gasteiger charge is 2.24. The standard InChI is InChI=1S/C11H23N3/c1-9-7-10(2)14(8-9)6-4-3-5-11(12)13/h9-10H,3-8H2,1-2H3,(H3,12,13). The van der Waals surface area contributed by atoms with Crippen molar-refractivity contribution >= 4 is 5.84 Å². The minimum Gasteiger partial charge on any atom is -0.388 e. The highest BCUT2D eigenvalue weighted by atomic mass is 15.2. The largest absolute Gasteiger partial charge is 0.388 e. The fourth-order valence-corrected chi connectivity index (χ4v) is 2.33. The average molecular weight is 197 g/mol. The molecule has 0 aliphatic carbocycles. The third kappa shape index (κ3) is 3.66. The van der Waals surface area contributed by atoms with E-state index in [-0.39, 0.29) is 0 Å². The Balaban J connectivity index is 2.09. The molecular formula is C11H23N3. The van der Waals surface area contributed by atoms with E-state index in [1.807, 2.05) is 0 Å². The van der Waals surface area contributed by atoms with Crippen LogP contribution in [0, 0.1) is 11.3 Å². The number of unbranched alkanes of at least 4 members (excludes halogenated alkanes) is 1. The summed E-state index contributed by atoms with van der Waals surface area (Å²) in [6.07, 6.45) is 4.34. The number of hydrogen-bond donors (Lipinski definition) is 2. The molecule has 82 valence electrons. The van der Waals surface area contributed by atoms with Crippen LogP contribution in [-0.4, -0.2) is 29.9 Å². The van der Waals surface area contributed by atoms with Crippen molar-refractivity contribution in [1.82, 2.24) is 4.90 Å². The molecule has 2 atom stereocenters. The van der Waals surface area contributed by atoms with Gasteiger partial charge in [0.1, 0.15) is 0 Å². The summed E-state index contributed by atoms with van der Waals surface area (Å²) >= 11 is 0. The van der Waals surface area contributed by atoms with Gasteiger partial charge in [-0.1, -0.05) is 6.92 Å². The van der Waals surface area contributed by atoms with E-state index in [4.69, 9.17) is 11.1 Å². The van der Waals surface area contributed by atoms with Crippen molar-refractivity contribution in [2.75, 3.05) is 13.1 Å². The summed E-state index contributed by atoms with van der Waals surface area (Å²) in [4.78, 5) is 2.56. The van der Waals surface area contributed by atoms with Gasteiger partial charge in [0.25, 0.3) is 0 Å². The zero-order valence-electron chi connectivity index (χ0n) is 9.42. The van der Waals surface area contributed by atoms with Crippen LogP contribution in [0.2, 0.25) is 0 Å². The number of amidine groups is 1. The molecular weight excluding hydrogens is 174 g/mol. The van der Waals surface area contributed by atoms with Crippen molar-refractivity contribution < 1.29 is 0 Å². The Labute approximate surface area is 87.2 Å². The molecule has 1 aliphatic heterocycles. The molecule has 0 spiro atoms. The van der Waals surface area contributed by atoms with Crippen molar-refractivity contribution in [3.05, 3.63) is 0 Å². The molecule has 1 heterocycles. The van der Waals surface area contributed by atoms with E-state index in [1.165, 1.54) is 25.9 Å². The van der Waals surface area contributed by atoms with Crippen LogP contribution in [0.4, 0.5) is 0 Å². The zero-order valence-corrected chi connectivity index (χ0v) is 9.42. The first kappa shape index (κ1) is 11.5. The van der Waals surface area contributed by atoms with Crippen LogP contribution in [0.5, 0.6) is 0 Å². The van der Waals surface area contributed by atoms with Crippen LogP contribution in [0.25, 0.3) is 0 Å². The van der Waals surface area contributed by atoms with E-state index >= 15 is 0 Å². The normalized spacial score (nSPS) is 28.1. The summed E-state index contributed by atoms with van der Waals surface area (Å²) in [5.41, 5.74) is 5.31. The molecule has 0 aromatic rings. The summed E-state index contributed by atoms with van der Waals surface area (Å²) in [6.45, 7) is 7.07. The third-order valence-corrected chi connectivity index (χ3v) is 3.05. The Morgan fingerprint density at radius 2 is 2.14 bits per heavy atom. The van der Waals surface area contributed by atoms with Gasteiger partial charge in [0.05, 0.1) is 5.84 Å². The summed E-state index contributed by atoms with van der Waals surface area (Å²) in [5, 5.41) is 7.12. The van der Waals surface area contributed by atoms with Gasteiger partial charge in [-0.3, -0.25) is 5.41 Å².